The van der Waals surface area contributed by atoms with Crippen LogP contribution in [-0.2, 0) is 4.79 Å². The summed E-state index contributed by atoms with van der Waals surface area (Å²) in [6, 6.07) is 5.85. The normalized spacial score (nSPS) is 24.6. The van der Waals surface area contributed by atoms with Gasteiger partial charge in [0.05, 0.1) is 0 Å². The van der Waals surface area contributed by atoms with Crippen LogP contribution in [0.4, 0.5) is 4.39 Å². The van der Waals surface area contributed by atoms with Gasteiger partial charge in [-0.2, -0.15) is 0 Å². The Morgan fingerprint density at radius 3 is 2.50 bits per heavy atom. The molecule has 1 amide bonds. The summed E-state index contributed by atoms with van der Waals surface area (Å²) in [7, 11) is 0. The molecule has 0 aromatic heterocycles. The molecule has 5 nitrogen and oxygen atoms in total. The fourth-order valence-electron chi connectivity index (χ4n) is 2.86. The highest BCUT2D eigenvalue weighted by Crippen LogP contribution is 2.37. The van der Waals surface area contributed by atoms with E-state index in [-0.39, 0.29) is 29.7 Å². The first-order valence-electron chi connectivity index (χ1n) is 7.43. The molecule has 3 unspecified atom stereocenters. The molecule has 0 aliphatic heterocycles. The van der Waals surface area contributed by atoms with Gasteiger partial charge < -0.3 is 5.32 Å². The first-order valence-corrected chi connectivity index (χ1v) is 7.43. The second-order valence-corrected chi connectivity index (χ2v) is 6.76. The third-order valence-electron chi connectivity index (χ3n) is 4.07. The molecule has 0 radical (unpaired) electrons. The molecule has 22 heavy (non-hydrogen) atoms. The van der Waals surface area contributed by atoms with E-state index in [2.05, 4.69) is 15.3 Å². The minimum absolute atomic E-state index is 0.0359. The third kappa shape index (κ3) is 3.57. The first kappa shape index (κ1) is 16.3. The predicted molar refractivity (Wildman–Crippen MR) is 82.7 cm³/mol. The van der Waals surface area contributed by atoms with Crippen LogP contribution in [0, 0.1) is 11.2 Å². The van der Waals surface area contributed by atoms with E-state index in [1.807, 2.05) is 20.8 Å². The van der Waals surface area contributed by atoms with E-state index in [1.165, 1.54) is 12.1 Å². The molecule has 0 spiro atoms. The van der Waals surface area contributed by atoms with E-state index in [4.69, 9.17) is 5.53 Å². The smallest absolute Gasteiger partial charge is 0.225 e. The zero-order valence-corrected chi connectivity index (χ0v) is 13.1. The van der Waals surface area contributed by atoms with Crippen molar-refractivity contribution in [2.75, 3.05) is 0 Å². The molecule has 0 heterocycles. The topological polar surface area (TPSA) is 77.9 Å². The molecule has 0 bridgehead atoms. The van der Waals surface area contributed by atoms with Gasteiger partial charge in [-0.1, -0.05) is 38.0 Å². The Kier molecular flexibility index (Phi) is 4.71. The monoisotopic (exact) mass is 304 g/mol. The minimum atomic E-state index is -0.482. The van der Waals surface area contributed by atoms with Crippen LogP contribution in [0.5, 0.6) is 0 Å². The van der Waals surface area contributed by atoms with E-state index >= 15 is 0 Å². The van der Waals surface area contributed by atoms with Crippen molar-refractivity contribution in [3.8, 4) is 0 Å². The van der Waals surface area contributed by atoms with Crippen LogP contribution in [-0.4, -0.2) is 18.0 Å². The van der Waals surface area contributed by atoms with Gasteiger partial charge in [0.1, 0.15) is 5.82 Å². The van der Waals surface area contributed by atoms with Crippen molar-refractivity contribution in [3.05, 3.63) is 46.1 Å². The van der Waals surface area contributed by atoms with Crippen LogP contribution < -0.4 is 5.32 Å². The maximum atomic E-state index is 13.1. The lowest BCUT2D eigenvalue weighted by atomic mass is 9.89. The number of amides is 1. The molecular weight excluding hydrogens is 283 g/mol. The van der Waals surface area contributed by atoms with Crippen molar-refractivity contribution in [1.29, 1.82) is 0 Å². The molecule has 1 aromatic carbocycles. The minimum Gasteiger partial charge on any atom is -0.352 e. The van der Waals surface area contributed by atoms with Gasteiger partial charge in [0.25, 0.3) is 0 Å². The number of carbonyl (C=O) groups is 1. The summed E-state index contributed by atoms with van der Waals surface area (Å²) in [5, 5.41) is 6.91. The molecule has 2 rings (SSSR count). The standard InChI is InChI=1S/C16H21FN4O/c1-16(2,3)15(22)19-12-8-9-13(20-21-18)14(12)10-4-6-11(17)7-5-10/h4-7,12-14H,8-9H2,1-3H3,(H,19,22). The third-order valence-corrected chi connectivity index (χ3v) is 4.07. The van der Waals surface area contributed by atoms with Crippen LogP contribution in [0.25, 0.3) is 10.4 Å². The first-order chi connectivity index (χ1) is 10.3. The lowest BCUT2D eigenvalue weighted by molar-refractivity contribution is -0.129. The molecule has 3 atom stereocenters. The fourth-order valence-corrected chi connectivity index (χ4v) is 2.86. The fraction of sp³-hybridized carbons (Fsp3) is 0.562. The van der Waals surface area contributed by atoms with E-state index in [1.54, 1.807) is 12.1 Å². The Labute approximate surface area is 129 Å². The van der Waals surface area contributed by atoms with Gasteiger partial charge in [-0.05, 0) is 36.1 Å². The van der Waals surface area contributed by atoms with Gasteiger partial charge in [-0.15, -0.1) is 0 Å². The molecular formula is C16H21FN4O. The largest absolute Gasteiger partial charge is 0.352 e. The number of azide groups is 1. The summed E-state index contributed by atoms with van der Waals surface area (Å²) >= 11 is 0. The van der Waals surface area contributed by atoms with Gasteiger partial charge >= 0.3 is 0 Å². The van der Waals surface area contributed by atoms with Crippen LogP contribution in [0.15, 0.2) is 29.4 Å². The van der Waals surface area contributed by atoms with Gasteiger partial charge in [-0.25, -0.2) is 4.39 Å². The quantitative estimate of drug-likeness (QED) is 0.513. The molecule has 1 aliphatic rings. The Morgan fingerprint density at radius 1 is 1.32 bits per heavy atom. The molecule has 1 N–H and O–H groups in total. The average molecular weight is 304 g/mol. The Morgan fingerprint density at radius 2 is 1.95 bits per heavy atom. The molecule has 1 saturated carbocycles. The Bertz CT molecular complexity index is 587. The highest BCUT2D eigenvalue weighted by molar-refractivity contribution is 5.81. The van der Waals surface area contributed by atoms with E-state index in [0.717, 1.165) is 12.0 Å². The second-order valence-electron chi connectivity index (χ2n) is 6.76. The van der Waals surface area contributed by atoms with Crippen LogP contribution in [0.3, 0.4) is 0 Å². The summed E-state index contributed by atoms with van der Waals surface area (Å²) in [4.78, 5) is 15.2. The van der Waals surface area contributed by atoms with E-state index in [9.17, 15) is 9.18 Å². The molecule has 6 heteroatoms. The predicted octanol–water partition coefficient (Wildman–Crippen LogP) is 3.91. The van der Waals surface area contributed by atoms with E-state index < -0.39 is 5.41 Å². The molecule has 1 aromatic rings. The van der Waals surface area contributed by atoms with Crippen molar-refractivity contribution in [3.63, 3.8) is 0 Å². The number of hydrogen-bond donors (Lipinski definition) is 1. The van der Waals surface area contributed by atoms with Crippen LogP contribution in [0.2, 0.25) is 0 Å². The lowest BCUT2D eigenvalue weighted by Gasteiger charge is -2.27. The maximum Gasteiger partial charge on any atom is 0.225 e. The molecule has 1 aliphatic carbocycles. The molecule has 0 saturated heterocycles. The lowest BCUT2D eigenvalue weighted by Crippen LogP contribution is -2.43. The maximum absolute atomic E-state index is 13.1. The van der Waals surface area contributed by atoms with Crippen LogP contribution >= 0.6 is 0 Å². The number of nitrogens with one attached hydrogen (secondary N) is 1. The number of nitrogens with zero attached hydrogens (tertiary/aromatic N) is 3. The molecule has 118 valence electrons. The number of carbonyl (C=O) groups excluding carboxylic acids is 1. The highest BCUT2D eigenvalue weighted by atomic mass is 19.1. The van der Waals surface area contributed by atoms with E-state index in [0.29, 0.717) is 6.42 Å². The zero-order chi connectivity index (χ0) is 16.3. The summed E-state index contributed by atoms with van der Waals surface area (Å²) < 4.78 is 13.1. The van der Waals surface area contributed by atoms with Gasteiger partial charge in [0.2, 0.25) is 5.91 Å². The summed E-state index contributed by atoms with van der Waals surface area (Å²) in [6.07, 6.45) is 1.45. The van der Waals surface area contributed by atoms with Crippen molar-refractivity contribution >= 4 is 5.91 Å². The number of benzene rings is 1. The summed E-state index contributed by atoms with van der Waals surface area (Å²) in [6.45, 7) is 5.57. The van der Waals surface area contributed by atoms with Crippen molar-refractivity contribution in [2.45, 2.75) is 51.6 Å². The van der Waals surface area contributed by atoms with Crippen LogP contribution in [0.1, 0.15) is 45.1 Å². The molecule has 1 fully saturated rings. The number of hydrogen-bond acceptors (Lipinski definition) is 2. The van der Waals surface area contributed by atoms with Gasteiger partial charge in [0.15, 0.2) is 0 Å². The second kappa shape index (κ2) is 6.36. The number of rotatable bonds is 3. The van der Waals surface area contributed by atoms with Crippen molar-refractivity contribution in [1.82, 2.24) is 5.32 Å². The Hall–Kier alpha value is -2.07. The summed E-state index contributed by atoms with van der Waals surface area (Å²) in [5.74, 6) is -0.466. The van der Waals surface area contributed by atoms with Crippen molar-refractivity contribution < 1.29 is 9.18 Å². The van der Waals surface area contributed by atoms with Gasteiger partial charge in [-0.3, -0.25) is 4.79 Å². The highest BCUT2D eigenvalue weighted by Gasteiger charge is 2.38. The average Bonchev–Trinajstić information content (AvgIpc) is 2.82. The summed E-state index contributed by atoms with van der Waals surface area (Å²) in [5.41, 5.74) is 9.15. The number of halogens is 1. The Balaban J connectivity index is 2.27. The van der Waals surface area contributed by atoms with Gasteiger partial charge in [0, 0.05) is 28.3 Å². The van der Waals surface area contributed by atoms with Crippen molar-refractivity contribution in [2.24, 2.45) is 10.5 Å². The SMILES string of the molecule is CC(C)(C)C(=O)NC1CCC(N=[N+]=[N-])C1c1ccc(F)cc1. The zero-order valence-electron chi connectivity index (χ0n) is 13.1.